The molecule has 1 atom stereocenters. The van der Waals surface area contributed by atoms with Crippen molar-refractivity contribution in [3.8, 4) is 17.0 Å². The van der Waals surface area contributed by atoms with Gasteiger partial charge in [0.2, 0.25) is 0 Å². The number of nitrogens with one attached hydrogen (secondary N) is 2. The minimum absolute atomic E-state index is 0.0726. The van der Waals surface area contributed by atoms with Crippen LogP contribution in [0.3, 0.4) is 0 Å². The summed E-state index contributed by atoms with van der Waals surface area (Å²) in [5, 5.41) is 4.52. The van der Waals surface area contributed by atoms with Crippen molar-refractivity contribution in [1.82, 2.24) is 28.7 Å². The van der Waals surface area contributed by atoms with E-state index in [0.29, 0.717) is 37.7 Å². The van der Waals surface area contributed by atoms with Crippen molar-refractivity contribution in [3.05, 3.63) is 53.1 Å². The molecule has 7 rings (SSSR count). The highest BCUT2D eigenvalue weighted by molar-refractivity contribution is 7.87. The zero-order valence-electron chi connectivity index (χ0n) is 27.7. The van der Waals surface area contributed by atoms with Crippen molar-refractivity contribution in [1.29, 1.82) is 0 Å². The van der Waals surface area contributed by atoms with Crippen molar-refractivity contribution in [3.63, 3.8) is 0 Å². The highest BCUT2D eigenvalue weighted by Crippen LogP contribution is 2.48. The average molecular weight is 665 g/mol. The molecule has 0 spiro atoms. The molecule has 254 valence electrons. The summed E-state index contributed by atoms with van der Waals surface area (Å²) in [5.41, 5.74) is 6.08. The number of carbonyl (C=O) groups excluding carboxylic acids is 1. The Morgan fingerprint density at radius 3 is 2.55 bits per heavy atom. The summed E-state index contributed by atoms with van der Waals surface area (Å²) in [7, 11) is -0.361. The molecule has 1 unspecified atom stereocenters. The number of likely N-dealkylation sites (N-methyl/N-ethyl adjacent to an activating group) is 2. The van der Waals surface area contributed by atoms with Gasteiger partial charge in [-0.15, -0.1) is 0 Å². The first-order valence-corrected chi connectivity index (χ1v) is 18.6. The van der Waals surface area contributed by atoms with E-state index in [9.17, 15) is 13.2 Å². The van der Waals surface area contributed by atoms with Crippen molar-refractivity contribution in [2.45, 2.75) is 57.2 Å². The fraction of sp³-hybridized carbons (Fsp3) is 0.571. The van der Waals surface area contributed by atoms with Gasteiger partial charge in [0.05, 0.1) is 24.9 Å². The first-order chi connectivity index (χ1) is 22.8. The normalized spacial score (nSPS) is 24.0. The minimum atomic E-state index is -4.00. The molecule has 12 heteroatoms. The summed E-state index contributed by atoms with van der Waals surface area (Å²) in [5.74, 6) is 0.711. The molecule has 11 nitrogen and oxygen atoms in total. The third kappa shape index (κ3) is 6.68. The van der Waals surface area contributed by atoms with Crippen molar-refractivity contribution in [2.75, 3.05) is 73.2 Å². The third-order valence-corrected chi connectivity index (χ3v) is 12.0. The number of morpholine rings is 1. The topological polar surface area (TPSA) is 108 Å². The first kappa shape index (κ1) is 32.5. The fourth-order valence-corrected chi connectivity index (χ4v) is 8.59. The lowest BCUT2D eigenvalue weighted by molar-refractivity contribution is 0.0336. The Morgan fingerprint density at radius 2 is 1.74 bits per heavy atom. The highest BCUT2D eigenvalue weighted by atomic mass is 32.2. The van der Waals surface area contributed by atoms with Crippen LogP contribution in [0.1, 0.15) is 59.5 Å². The standard InChI is InChI=1S/C35H48N6O5S/c1-38-15-13-36-14-16-39(2)47(43,44)37-35(42)26-11-12-29-31(21-26)41-23-28(38)24-46-34-27(22-40-17-19-45-20-18-40)9-6-10-30(34)33(41)32(29)25-7-4-3-5-8-25/h6,9-12,21,25,28,36H,3-5,7-8,13-20,22-24H2,1-2H3,(H,37,42). The maximum absolute atomic E-state index is 13.5. The van der Waals surface area contributed by atoms with Crippen LogP contribution in [0.2, 0.25) is 0 Å². The number of hydrogen-bond donors (Lipinski definition) is 2. The number of rotatable bonds is 3. The number of benzene rings is 2. The van der Waals surface area contributed by atoms with Gasteiger partial charge in [0.25, 0.3) is 5.91 Å². The molecular formula is C35H48N6O5S. The van der Waals surface area contributed by atoms with Crippen LogP contribution in [0.15, 0.2) is 36.4 Å². The second kappa shape index (κ2) is 13.9. The fourth-order valence-electron chi connectivity index (χ4n) is 7.75. The van der Waals surface area contributed by atoms with Gasteiger partial charge < -0.3 is 19.4 Å². The second-order valence-corrected chi connectivity index (χ2v) is 15.4. The van der Waals surface area contributed by atoms with Gasteiger partial charge in [-0.25, -0.2) is 4.72 Å². The molecule has 1 saturated heterocycles. The average Bonchev–Trinajstić information content (AvgIpc) is 3.38. The number of amides is 1. The second-order valence-electron chi connectivity index (χ2n) is 13.6. The van der Waals surface area contributed by atoms with Crippen molar-refractivity contribution >= 4 is 27.0 Å². The Hall–Kier alpha value is -3.00. The summed E-state index contributed by atoms with van der Waals surface area (Å²) in [4.78, 5) is 18.3. The van der Waals surface area contributed by atoms with Gasteiger partial charge in [0, 0.05) is 87.0 Å². The molecule has 2 N–H and O–H groups in total. The van der Waals surface area contributed by atoms with E-state index in [-0.39, 0.29) is 12.6 Å². The summed E-state index contributed by atoms with van der Waals surface area (Å²) in [6, 6.07) is 12.4. The summed E-state index contributed by atoms with van der Waals surface area (Å²) >= 11 is 0. The summed E-state index contributed by atoms with van der Waals surface area (Å²) in [6.45, 7) is 7.48. The Bertz CT molecular complexity index is 1710. The molecule has 2 aromatic carbocycles. The van der Waals surface area contributed by atoms with Crippen molar-refractivity contribution < 1.29 is 22.7 Å². The van der Waals surface area contributed by atoms with Crippen LogP contribution in [-0.2, 0) is 28.0 Å². The van der Waals surface area contributed by atoms with E-state index in [1.807, 2.05) is 12.1 Å². The van der Waals surface area contributed by atoms with Crippen LogP contribution in [-0.4, -0.2) is 112 Å². The molecular weight excluding hydrogens is 616 g/mol. The Morgan fingerprint density at radius 1 is 0.957 bits per heavy atom. The zero-order chi connectivity index (χ0) is 32.5. The molecule has 1 aromatic heterocycles. The van der Waals surface area contributed by atoms with Gasteiger partial charge in [-0.2, -0.15) is 12.7 Å². The first-order valence-electron chi connectivity index (χ1n) is 17.2. The van der Waals surface area contributed by atoms with Gasteiger partial charge in [-0.1, -0.05) is 37.5 Å². The maximum atomic E-state index is 13.5. The lowest BCUT2D eigenvalue weighted by Crippen LogP contribution is -2.46. The molecule has 4 bridgehead atoms. The lowest BCUT2D eigenvalue weighted by Gasteiger charge is -2.34. The molecule has 1 saturated carbocycles. The van der Waals surface area contributed by atoms with Crippen LogP contribution in [0.25, 0.3) is 22.2 Å². The van der Waals surface area contributed by atoms with E-state index in [2.05, 4.69) is 49.7 Å². The molecule has 4 heterocycles. The summed E-state index contributed by atoms with van der Waals surface area (Å²) < 4.78 is 44.6. The number of para-hydroxylation sites is 1. The number of carbonyl (C=O) groups is 1. The molecule has 4 aliphatic rings. The van der Waals surface area contributed by atoms with Crippen LogP contribution in [0.5, 0.6) is 5.75 Å². The summed E-state index contributed by atoms with van der Waals surface area (Å²) in [6.07, 6.45) is 5.89. The maximum Gasteiger partial charge on any atom is 0.303 e. The predicted molar refractivity (Wildman–Crippen MR) is 183 cm³/mol. The molecule has 1 aliphatic carbocycles. The zero-order valence-corrected chi connectivity index (χ0v) is 28.5. The third-order valence-electron chi connectivity index (χ3n) is 10.5. The largest absolute Gasteiger partial charge is 0.491 e. The van der Waals surface area contributed by atoms with E-state index in [0.717, 1.165) is 74.5 Å². The molecule has 0 radical (unpaired) electrons. The van der Waals surface area contributed by atoms with E-state index < -0.39 is 16.1 Å². The molecule has 2 fully saturated rings. The molecule has 47 heavy (non-hydrogen) atoms. The van der Waals surface area contributed by atoms with E-state index >= 15 is 0 Å². The predicted octanol–water partition coefficient (Wildman–Crippen LogP) is 3.39. The van der Waals surface area contributed by atoms with Gasteiger partial charge in [-0.3, -0.25) is 14.6 Å². The SMILES string of the molecule is CN1CCNCCN(C)S(=O)(=O)NC(=O)c2ccc3c(C4CCCCC4)c4n(c3c2)CC1COc1c(CN2CCOCC2)cccc1-4. The number of aromatic nitrogens is 1. The Balaban J connectivity index is 1.43. The lowest BCUT2D eigenvalue weighted by atomic mass is 9.81. The van der Waals surface area contributed by atoms with E-state index in [1.54, 1.807) is 6.07 Å². The van der Waals surface area contributed by atoms with Gasteiger partial charge in [0.1, 0.15) is 12.4 Å². The van der Waals surface area contributed by atoms with Crippen LogP contribution in [0, 0.1) is 0 Å². The van der Waals surface area contributed by atoms with E-state index in [4.69, 9.17) is 9.47 Å². The number of nitrogens with zero attached hydrogens (tertiary/aromatic N) is 4. The highest BCUT2D eigenvalue weighted by Gasteiger charge is 2.33. The van der Waals surface area contributed by atoms with Crippen LogP contribution < -0.4 is 14.8 Å². The van der Waals surface area contributed by atoms with Crippen LogP contribution in [0.4, 0.5) is 0 Å². The smallest absolute Gasteiger partial charge is 0.303 e. The Kier molecular flexibility index (Phi) is 9.59. The molecule has 3 aromatic rings. The van der Waals surface area contributed by atoms with Gasteiger partial charge in [-0.05, 0) is 49.6 Å². The number of fused-ring (bicyclic) bond motifs is 4. The van der Waals surface area contributed by atoms with Crippen molar-refractivity contribution in [2.24, 2.45) is 0 Å². The monoisotopic (exact) mass is 664 g/mol. The number of hydrogen-bond acceptors (Lipinski definition) is 8. The van der Waals surface area contributed by atoms with Gasteiger partial charge in [0.15, 0.2) is 0 Å². The quantitative estimate of drug-likeness (QED) is 0.439. The van der Waals surface area contributed by atoms with Gasteiger partial charge >= 0.3 is 10.2 Å². The number of ether oxygens (including phenoxy) is 2. The van der Waals surface area contributed by atoms with E-state index in [1.165, 1.54) is 47.4 Å². The molecule has 3 aliphatic heterocycles. The Labute approximate surface area is 278 Å². The van der Waals surface area contributed by atoms with Crippen LogP contribution >= 0.6 is 0 Å². The minimum Gasteiger partial charge on any atom is -0.491 e. The molecule has 1 amide bonds.